The van der Waals surface area contributed by atoms with Crippen LogP contribution in [0.2, 0.25) is 0 Å². The smallest absolute Gasteiger partial charge is 0.308 e. The molecule has 1 aliphatic rings. The minimum absolute atomic E-state index is 0.0355. The highest BCUT2D eigenvalue weighted by Crippen LogP contribution is 2.39. The molecular formula is C28H30O16. The monoisotopic (exact) mass is 622 g/mol. The Kier molecular flexibility index (Phi) is 9.22. The molecule has 0 aliphatic carbocycles. The van der Waals surface area contributed by atoms with Crippen LogP contribution in [0.4, 0.5) is 0 Å². The fourth-order valence-electron chi connectivity index (χ4n) is 4.58. The molecule has 8 N–H and O–H groups in total. The molecule has 2 heterocycles. The number of rotatable bonds is 10. The van der Waals surface area contributed by atoms with Crippen molar-refractivity contribution in [1.29, 1.82) is 0 Å². The molecule has 16 heteroatoms. The first kappa shape index (κ1) is 32.3. The summed E-state index contributed by atoms with van der Waals surface area (Å²) in [5, 5.41) is 80.5. The third-order valence-corrected chi connectivity index (χ3v) is 6.73. The molecule has 0 spiro atoms. The van der Waals surface area contributed by atoms with Gasteiger partial charge < -0.3 is 64.2 Å². The second kappa shape index (κ2) is 12.6. The number of esters is 1. The fraction of sp³-hybridized carbons (Fsp3) is 0.393. The van der Waals surface area contributed by atoms with Gasteiger partial charge in [-0.05, 0) is 25.1 Å². The van der Waals surface area contributed by atoms with Crippen molar-refractivity contribution in [2.75, 3.05) is 13.7 Å². The topological polar surface area (TPSA) is 263 Å². The van der Waals surface area contributed by atoms with Gasteiger partial charge in [0.1, 0.15) is 53.5 Å². The van der Waals surface area contributed by atoms with E-state index in [0.29, 0.717) is 0 Å². The molecule has 1 unspecified atom stereocenters. The first-order valence-corrected chi connectivity index (χ1v) is 13.0. The number of carbonyl (C=O) groups is 2. The molecular weight excluding hydrogens is 592 g/mol. The second-order valence-electron chi connectivity index (χ2n) is 10.4. The molecule has 1 aliphatic heterocycles. The van der Waals surface area contributed by atoms with Crippen LogP contribution in [-0.2, 0) is 19.1 Å². The molecule has 1 fully saturated rings. The van der Waals surface area contributed by atoms with Crippen LogP contribution >= 0.6 is 0 Å². The summed E-state index contributed by atoms with van der Waals surface area (Å²) >= 11 is 0. The number of carboxylic acids is 1. The SMILES string of the molecule is COc1cc(-c2oc3cc(O)cc(O)c3c(=O)c2O[C@@H]2O[C@H](COC(=O)CC(C)(O)CC(=O)O)[C@@H](O)[C@H](O)[C@H]2O)ccc1O. The van der Waals surface area contributed by atoms with Gasteiger partial charge in [-0.3, -0.25) is 14.4 Å². The minimum atomic E-state index is -1.99. The molecule has 1 saturated heterocycles. The van der Waals surface area contributed by atoms with Crippen molar-refractivity contribution in [2.24, 2.45) is 0 Å². The second-order valence-corrected chi connectivity index (χ2v) is 10.4. The third kappa shape index (κ3) is 6.79. The number of fused-ring (bicyclic) bond motifs is 1. The molecule has 44 heavy (non-hydrogen) atoms. The Balaban J connectivity index is 1.68. The number of aromatic hydroxyl groups is 3. The molecule has 16 nitrogen and oxygen atoms in total. The van der Waals surface area contributed by atoms with Crippen LogP contribution in [0.3, 0.4) is 0 Å². The predicted molar refractivity (Wildman–Crippen MR) is 145 cm³/mol. The number of aliphatic hydroxyl groups excluding tert-OH is 3. The highest BCUT2D eigenvalue weighted by atomic mass is 16.7. The van der Waals surface area contributed by atoms with Gasteiger partial charge in [0.15, 0.2) is 17.3 Å². The van der Waals surface area contributed by atoms with Crippen LogP contribution in [0, 0.1) is 0 Å². The summed E-state index contributed by atoms with van der Waals surface area (Å²) in [7, 11) is 1.27. The Morgan fingerprint density at radius 3 is 2.34 bits per heavy atom. The lowest BCUT2D eigenvalue weighted by atomic mass is 9.98. The maximum Gasteiger partial charge on any atom is 0.308 e. The lowest BCUT2D eigenvalue weighted by Gasteiger charge is -2.39. The van der Waals surface area contributed by atoms with Gasteiger partial charge in [-0.1, -0.05) is 0 Å². The van der Waals surface area contributed by atoms with Gasteiger partial charge in [-0.2, -0.15) is 0 Å². The Morgan fingerprint density at radius 1 is 0.977 bits per heavy atom. The maximum atomic E-state index is 13.6. The number of carbonyl (C=O) groups excluding carboxylic acids is 1. The van der Waals surface area contributed by atoms with E-state index in [1.807, 2.05) is 0 Å². The van der Waals surface area contributed by atoms with E-state index in [1.54, 1.807) is 0 Å². The van der Waals surface area contributed by atoms with Crippen molar-refractivity contribution in [1.82, 2.24) is 0 Å². The Hall–Kier alpha value is -4.61. The molecule has 6 atom stereocenters. The number of hydrogen-bond donors (Lipinski definition) is 8. The van der Waals surface area contributed by atoms with Crippen molar-refractivity contribution in [2.45, 2.75) is 56.1 Å². The van der Waals surface area contributed by atoms with E-state index in [1.165, 1.54) is 25.3 Å². The zero-order chi connectivity index (χ0) is 32.5. The number of hydrogen-bond acceptors (Lipinski definition) is 15. The lowest BCUT2D eigenvalue weighted by molar-refractivity contribution is -0.278. The van der Waals surface area contributed by atoms with Crippen LogP contribution < -0.4 is 14.9 Å². The van der Waals surface area contributed by atoms with Gasteiger partial charge >= 0.3 is 11.9 Å². The number of phenols is 3. The standard InChI is InChI=1S/C28H30O16/c1-28(39,8-18(32)33)9-19(34)41-10-17-21(35)23(37)24(38)27(43-17)44-26-22(36)20-14(31)6-12(29)7-16(20)42-25(26)11-3-4-13(30)15(5-11)40-2/h3-7,17,21,23-24,27,29-31,35,37-39H,8-10H2,1-2H3,(H,32,33)/t17-,21-,23+,24-,27+,28?/m1/s1. The Morgan fingerprint density at radius 2 is 1.68 bits per heavy atom. The Labute approximate surface area is 247 Å². The van der Waals surface area contributed by atoms with Crippen molar-refractivity contribution in [3.8, 4) is 40.1 Å². The summed E-state index contributed by atoms with van der Waals surface area (Å²) in [6.45, 7) is 0.356. The molecule has 238 valence electrons. The number of benzene rings is 2. The largest absolute Gasteiger partial charge is 0.508 e. The van der Waals surface area contributed by atoms with Crippen LogP contribution in [0.25, 0.3) is 22.3 Å². The van der Waals surface area contributed by atoms with Crippen LogP contribution in [0.1, 0.15) is 19.8 Å². The number of aliphatic hydroxyl groups is 4. The van der Waals surface area contributed by atoms with E-state index in [2.05, 4.69) is 0 Å². The van der Waals surface area contributed by atoms with Crippen LogP contribution in [0.15, 0.2) is 39.5 Å². The summed E-state index contributed by atoms with van der Waals surface area (Å²) in [5.41, 5.74) is -3.14. The van der Waals surface area contributed by atoms with Crippen LogP contribution in [0.5, 0.6) is 28.7 Å². The summed E-state index contributed by atoms with van der Waals surface area (Å²) in [4.78, 5) is 36.7. The van der Waals surface area contributed by atoms with Crippen LogP contribution in [-0.4, -0.2) is 103 Å². The van der Waals surface area contributed by atoms with Crippen molar-refractivity contribution in [3.63, 3.8) is 0 Å². The van der Waals surface area contributed by atoms with Gasteiger partial charge in [0.25, 0.3) is 0 Å². The van der Waals surface area contributed by atoms with Crippen molar-refractivity contribution in [3.05, 3.63) is 40.6 Å². The van der Waals surface area contributed by atoms with E-state index in [0.717, 1.165) is 19.1 Å². The number of phenolic OH excluding ortho intramolecular Hbond substituents is 3. The van der Waals surface area contributed by atoms with Gasteiger partial charge in [-0.15, -0.1) is 0 Å². The van der Waals surface area contributed by atoms with Crippen molar-refractivity contribution < 1.29 is 73.8 Å². The Bertz CT molecular complexity index is 1610. The molecule has 0 radical (unpaired) electrons. The summed E-state index contributed by atoms with van der Waals surface area (Å²) < 4.78 is 27.1. The molecule has 0 bridgehead atoms. The molecule has 0 amide bonds. The van der Waals surface area contributed by atoms with E-state index in [9.17, 15) is 50.1 Å². The zero-order valence-corrected chi connectivity index (χ0v) is 23.2. The molecule has 2 aromatic carbocycles. The minimum Gasteiger partial charge on any atom is -0.508 e. The first-order chi connectivity index (χ1) is 20.6. The van der Waals surface area contributed by atoms with Gasteiger partial charge in [0.05, 0.1) is 25.6 Å². The number of carboxylic acid groups (broad SMARTS) is 1. The normalized spacial score (nSPS) is 23.1. The van der Waals surface area contributed by atoms with E-state index >= 15 is 0 Å². The first-order valence-electron chi connectivity index (χ1n) is 13.0. The quantitative estimate of drug-likeness (QED) is 0.138. The average Bonchev–Trinajstić information content (AvgIpc) is 2.92. The number of ether oxygens (including phenoxy) is 4. The molecule has 4 rings (SSSR count). The predicted octanol–water partition coefficient (Wildman–Crippen LogP) is -0.0692. The van der Waals surface area contributed by atoms with E-state index < -0.39 is 95.8 Å². The maximum absolute atomic E-state index is 13.6. The fourth-order valence-corrected chi connectivity index (χ4v) is 4.58. The van der Waals surface area contributed by atoms with E-state index in [-0.39, 0.29) is 28.4 Å². The summed E-state index contributed by atoms with van der Waals surface area (Å²) in [5.74, 6) is -4.86. The zero-order valence-electron chi connectivity index (χ0n) is 23.2. The van der Waals surface area contributed by atoms with Crippen molar-refractivity contribution >= 4 is 22.9 Å². The molecule has 0 saturated carbocycles. The average molecular weight is 623 g/mol. The van der Waals surface area contributed by atoms with E-state index in [4.69, 9.17) is 28.5 Å². The molecule has 3 aromatic rings. The van der Waals surface area contributed by atoms with Gasteiger partial charge in [-0.25, -0.2) is 0 Å². The molecule has 1 aromatic heterocycles. The highest BCUT2D eigenvalue weighted by Gasteiger charge is 2.46. The summed E-state index contributed by atoms with van der Waals surface area (Å²) in [6, 6.07) is 5.72. The number of methoxy groups -OCH3 is 1. The highest BCUT2D eigenvalue weighted by molar-refractivity contribution is 5.88. The third-order valence-electron chi connectivity index (χ3n) is 6.73. The summed E-state index contributed by atoms with van der Waals surface area (Å²) in [6.07, 6.45) is -10.7. The lowest BCUT2D eigenvalue weighted by Crippen LogP contribution is -2.60. The van der Waals surface area contributed by atoms with Gasteiger partial charge in [0.2, 0.25) is 17.5 Å². The number of aliphatic carboxylic acids is 1. The van der Waals surface area contributed by atoms with Gasteiger partial charge in [0, 0.05) is 17.7 Å².